The third-order valence-electron chi connectivity index (χ3n) is 1.65. The first-order valence-corrected chi connectivity index (χ1v) is 5.62. The molecule has 0 saturated carbocycles. The van der Waals surface area contributed by atoms with Crippen molar-refractivity contribution < 1.29 is 9.53 Å². The van der Waals surface area contributed by atoms with Crippen LogP contribution in [-0.2, 0) is 4.74 Å². The van der Waals surface area contributed by atoms with Gasteiger partial charge in [-0.15, -0.1) is 0 Å². The molecule has 5 heteroatoms. The summed E-state index contributed by atoms with van der Waals surface area (Å²) in [6.45, 7) is 1.99. The summed E-state index contributed by atoms with van der Waals surface area (Å²) in [5.41, 5.74) is 0.633. The molecule has 0 fully saturated rings. The lowest BCUT2D eigenvalue weighted by Crippen LogP contribution is -2.06. The van der Waals surface area contributed by atoms with Gasteiger partial charge in [-0.05, 0) is 41.6 Å². The summed E-state index contributed by atoms with van der Waals surface area (Å²) in [5.74, 6) is -0.502. The molecule has 0 amide bonds. The molecule has 0 radical (unpaired) electrons. The summed E-state index contributed by atoms with van der Waals surface area (Å²) in [5, 5.41) is 9.07. The third kappa shape index (κ3) is 2.83. The molecule has 0 spiro atoms. The number of nitriles is 1. The average Bonchev–Trinajstić information content (AvgIpc) is 2.22. The van der Waals surface area contributed by atoms with Gasteiger partial charge in [0.05, 0.1) is 28.8 Å². The van der Waals surface area contributed by atoms with E-state index in [-0.39, 0.29) is 12.2 Å². The molecule has 1 aromatic carbocycles. The van der Waals surface area contributed by atoms with E-state index >= 15 is 0 Å². The lowest BCUT2D eigenvalue weighted by atomic mass is 10.1. The van der Waals surface area contributed by atoms with Crippen LogP contribution >= 0.6 is 34.2 Å². The molecular weight excluding hydrogens is 328 g/mol. The first kappa shape index (κ1) is 12.3. The van der Waals surface area contributed by atoms with Crippen LogP contribution < -0.4 is 0 Å². The zero-order valence-electron chi connectivity index (χ0n) is 7.88. The minimum absolute atomic E-state index is 0.238. The Morgan fingerprint density at radius 2 is 2.33 bits per heavy atom. The maximum atomic E-state index is 11.5. The molecule has 0 bridgehead atoms. The predicted octanol–water partition coefficient (Wildman–Crippen LogP) is 2.99. The minimum atomic E-state index is -0.502. The van der Waals surface area contributed by atoms with Crippen molar-refractivity contribution in [3.63, 3.8) is 0 Å². The second-order valence-electron chi connectivity index (χ2n) is 2.65. The number of halogens is 2. The number of ether oxygens (including phenoxy) is 1. The van der Waals surface area contributed by atoms with Crippen molar-refractivity contribution in [2.45, 2.75) is 6.92 Å². The summed E-state index contributed by atoms with van der Waals surface area (Å²) in [6, 6.07) is 5.01. The van der Waals surface area contributed by atoms with E-state index in [1.165, 1.54) is 6.07 Å². The molecule has 0 aromatic heterocycles. The highest BCUT2D eigenvalue weighted by atomic mass is 127. The Bertz CT molecular complexity index is 440. The Hall–Kier alpha value is -0.800. The van der Waals surface area contributed by atoms with E-state index in [0.29, 0.717) is 14.2 Å². The van der Waals surface area contributed by atoms with Crippen molar-refractivity contribution in [3.8, 4) is 6.07 Å². The summed E-state index contributed by atoms with van der Waals surface area (Å²) >= 11 is 7.90. The van der Waals surface area contributed by atoms with E-state index in [1.807, 2.05) is 28.7 Å². The Morgan fingerprint density at radius 1 is 1.67 bits per heavy atom. The van der Waals surface area contributed by atoms with Crippen molar-refractivity contribution in [2.24, 2.45) is 0 Å². The van der Waals surface area contributed by atoms with Gasteiger partial charge in [-0.25, -0.2) is 4.79 Å². The van der Waals surface area contributed by atoms with Crippen LogP contribution in [0.1, 0.15) is 22.8 Å². The fourth-order valence-corrected chi connectivity index (χ4v) is 1.82. The molecule has 1 aromatic rings. The number of benzene rings is 1. The molecule has 3 nitrogen and oxygen atoms in total. The summed E-state index contributed by atoms with van der Waals surface area (Å²) < 4.78 is 5.49. The zero-order chi connectivity index (χ0) is 11.4. The lowest BCUT2D eigenvalue weighted by molar-refractivity contribution is 0.0526. The van der Waals surface area contributed by atoms with Crippen molar-refractivity contribution in [2.75, 3.05) is 6.61 Å². The Balaban J connectivity index is 3.23. The molecule has 0 saturated heterocycles. The first-order chi connectivity index (χ1) is 7.10. The van der Waals surface area contributed by atoms with Gasteiger partial charge in [-0.1, -0.05) is 11.6 Å². The van der Waals surface area contributed by atoms with E-state index in [4.69, 9.17) is 21.6 Å². The van der Waals surface area contributed by atoms with E-state index in [1.54, 1.807) is 13.0 Å². The van der Waals surface area contributed by atoms with Gasteiger partial charge in [0.1, 0.15) is 0 Å². The van der Waals surface area contributed by atoms with Gasteiger partial charge < -0.3 is 4.74 Å². The van der Waals surface area contributed by atoms with Crippen molar-refractivity contribution in [3.05, 3.63) is 31.9 Å². The topological polar surface area (TPSA) is 50.1 Å². The number of nitrogens with zero attached hydrogens (tertiary/aromatic N) is 1. The van der Waals surface area contributed by atoms with Crippen LogP contribution in [0.15, 0.2) is 12.1 Å². The number of carbonyl (C=O) groups is 1. The van der Waals surface area contributed by atoms with E-state index in [9.17, 15) is 4.79 Å². The van der Waals surface area contributed by atoms with Crippen LogP contribution in [0.3, 0.4) is 0 Å². The van der Waals surface area contributed by atoms with Gasteiger partial charge in [0, 0.05) is 3.57 Å². The van der Waals surface area contributed by atoms with Gasteiger partial charge >= 0.3 is 5.97 Å². The number of hydrogen-bond acceptors (Lipinski definition) is 3. The summed E-state index contributed by atoms with van der Waals surface area (Å²) in [7, 11) is 0. The number of carbonyl (C=O) groups excluding carboxylic acids is 1. The predicted molar refractivity (Wildman–Crippen MR) is 64.8 cm³/mol. The average molecular weight is 336 g/mol. The maximum absolute atomic E-state index is 11.5. The standard InChI is InChI=1S/C10H7ClINO2/c1-2-15-10(14)7-3-6(5-13)4-8(12)9(7)11/h3-4H,2H2,1H3. The van der Waals surface area contributed by atoms with Gasteiger partial charge in [-0.3, -0.25) is 0 Å². The van der Waals surface area contributed by atoms with E-state index in [0.717, 1.165) is 0 Å². The first-order valence-electron chi connectivity index (χ1n) is 4.16. The molecule has 0 aliphatic heterocycles. The molecule has 0 N–H and O–H groups in total. The van der Waals surface area contributed by atoms with Crippen molar-refractivity contribution >= 4 is 40.2 Å². The quantitative estimate of drug-likeness (QED) is 0.617. The number of esters is 1. The largest absolute Gasteiger partial charge is 0.462 e. The van der Waals surface area contributed by atoms with Crippen molar-refractivity contribution in [1.29, 1.82) is 5.26 Å². The normalized spacial score (nSPS) is 9.47. The minimum Gasteiger partial charge on any atom is -0.462 e. The highest BCUT2D eigenvalue weighted by Crippen LogP contribution is 2.25. The molecule has 0 aliphatic carbocycles. The third-order valence-corrected chi connectivity index (χ3v) is 3.23. The zero-order valence-corrected chi connectivity index (χ0v) is 10.8. The molecule has 0 aliphatic rings. The fraction of sp³-hybridized carbons (Fsp3) is 0.200. The van der Waals surface area contributed by atoms with Gasteiger partial charge in [0.2, 0.25) is 0 Å². The Labute approximate surface area is 106 Å². The summed E-state index contributed by atoms with van der Waals surface area (Å²) in [4.78, 5) is 11.5. The van der Waals surface area contributed by atoms with E-state index < -0.39 is 5.97 Å². The molecule has 15 heavy (non-hydrogen) atoms. The van der Waals surface area contributed by atoms with Crippen LogP contribution in [0.2, 0.25) is 5.02 Å². The monoisotopic (exact) mass is 335 g/mol. The summed E-state index contributed by atoms with van der Waals surface area (Å²) in [6.07, 6.45) is 0. The molecule has 1 rings (SSSR count). The molecule has 78 valence electrons. The second kappa shape index (κ2) is 5.33. The number of hydrogen-bond donors (Lipinski definition) is 0. The fourth-order valence-electron chi connectivity index (χ4n) is 1.01. The van der Waals surface area contributed by atoms with Crippen LogP contribution in [0.4, 0.5) is 0 Å². The Morgan fingerprint density at radius 3 is 2.87 bits per heavy atom. The van der Waals surface area contributed by atoms with Crippen LogP contribution in [0.25, 0.3) is 0 Å². The molecular formula is C10H7ClINO2. The Kier molecular flexibility index (Phi) is 4.36. The van der Waals surface area contributed by atoms with Crippen LogP contribution in [0.5, 0.6) is 0 Å². The number of rotatable bonds is 2. The van der Waals surface area contributed by atoms with E-state index in [2.05, 4.69) is 0 Å². The highest BCUT2D eigenvalue weighted by molar-refractivity contribution is 14.1. The smallest absolute Gasteiger partial charge is 0.339 e. The molecule has 0 unspecified atom stereocenters. The van der Waals surface area contributed by atoms with Gasteiger partial charge in [0.25, 0.3) is 0 Å². The van der Waals surface area contributed by atoms with Crippen LogP contribution in [-0.4, -0.2) is 12.6 Å². The van der Waals surface area contributed by atoms with Crippen LogP contribution in [0, 0.1) is 14.9 Å². The second-order valence-corrected chi connectivity index (χ2v) is 4.19. The SMILES string of the molecule is CCOC(=O)c1cc(C#N)cc(I)c1Cl. The molecule has 0 atom stereocenters. The highest BCUT2D eigenvalue weighted by Gasteiger charge is 2.15. The lowest BCUT2D eigenvalue weighted by Gasteiger charge is -2.05. The maximum Gasteiger partial charge on any atom is 0.339 e. The van der Waals surface area contributed by atoms with Crippen molar-refractivity contribution in [1.82, 2.24) is 0 Å². The van der Waals surface area contributed by atoms with Gasteiger partial charge in [0.15, 0.2) is 0 Å². The molecule has 0 heterocycles. The van der Waals surface area contributed by atoms with Gasteiger partial charge in [-0.2, -0.15) is 5.26 Å².